The lowest BCUT2D eigenvalue weighted by Gasteiger charge is -2.11. The molecule has 1 aromatic heterocycles. The molecule has 2 aromatic carbocycles. The summed E-state index contributed by atoms with van der Waals surface area (Å²) in [6, 6.07) is 10.6. The van der Waals surface area contributed by atoms with Gasteiger partial charge in [-0.2, -0.15) is 0 Å². The van der Waals surface area contributed by atoms with Gasteiger partial charge < -0.3 is 10.4 Å². The molecule has 6 heteroatoms. The minimum atomic E-state index is -1.08. The van der Waals surface area contributed by atoms with Gasteiger partial charge in [0.05, 0.1) is 6.10 Å². The summed E-state index contributed by atoms with van der Waals surface area (Å²) < 4.78 is 27.0. The third kappa shape index (κ3) is 3.23. The van der Waals surface area contributed by atoms with E-state index < -0.39 is 23.6 Å². The fourth-order valence-corrected chi connectivity index (χ4v) is 3.30. The molecule has 3 rings (SSSR count). The first-order chi connectivity index (χ1) is 11.1. The fourth-order valence-electron chi connectivity index (χ4n) is 2.30. The number of halogens is 2. The molecular formula is C17H13F2NO2S. The van der Waals surface area contributed by atoms with Gasteiger partial charge in [-0.25, -0.2) is 8.78 Å². The highest BCUT2D eigenvalue weighted by atomic mass is 32.1. The van der Waals surface area contributed by atoms with Crippen molar-refractivity contribution >= 4 is 27.3 Å². The minimum Gasteiger partial charge on any atom is -0.387 e. The van der Waals surface area contributed by atoms with Crippen LogP contribution < -0.4 is 5.32 Å². The van der Waals surface area contributed by atoms with E-state index in [4.69, 9.17) is 0 Å². The van der Waals surface area contributed by atoms with E-state index in [1.165, 1.54) is 17.4 Å². The average Bonchev–Trinajstić information content (AvgIpc) is 2.99. The summed E-state index contributed by atoms with van der Waals surface area (Å²) >= 11 is 1.51. The molecule has 3 nitrogen and oxygen atoms in total. The Bertz CT molecular complexity index is 863. The first kappa shape index (κ1) is 15.6. The standard InChI is InChI=1S/C17H13F2NO2S/c18-13-6-5-10(7-14(13)19)17(22)20-8-15(21)12-9-23-16-4-2-1-3-11(12)16/h1-7,9,15,21H,8H2,(H,20,22)/t15-/m0/s1. The quantitative estimate of drug-likeness (QED) is 0.766. The maximum Gasteiger partial charge on any atom is 0.251 e. The molecule has 118 valence electrons. The normalized spacial score (nSPS) is 12.3. The van der Waals surface area contributed by atoms with Crippen LogP contribution in [0, 0.1) is 11.6 Å². The Hall–Kier alpha value is -2.31. The van der Waals surface area contributed by atoms with Gasteiger partial charge in [-0.1, -0.05) is 18.2 Å². The van der Waals surface area contributed by atoms with Gasteiger partial charge in [-0.05, 0) is 35.0 Å². The Morgan fingerprint density at radius 2 is 1.96 bits per heavy atom. The Morgan fingerprint density at radius 3 is 2.74 bits per heavy atom. The first-order valence-corrected chi connectivity index (χ1v) is 7.81. The number of thiophene rings is 1. The minimum absolute atomic E-state index is 0.00581. The number of aliphatic hydroxyl groups is 1. The van der Waals surface area contributed by atoms with E-state index in [9.17, 15) is 18.7 Å². The van der Waals surface area contributed by atoms with Gasteiger partial charge in [0.1, 0.15) is 0 Å². The fraction of sp³-hybridized carbons (Fsp3) is 0.118. The third-order valence-electron chi connectivity index (χ3n) is 3.51. The molecule has 0 fully saturated rings. The number of hydrogen-bond donors (Lipinski definition) is 2. The molecule has 0 saturated heterocycles. The third-order valence-corrected chi connectivity index (χ3v) is 4.49. The van der Waals surface area contributed by atoms with Crippen molar-refractivity contribution in [1.82, 2.24) is 5.32 Å². The summed E-state index contributed by atoms with van der Waals surface area (Å²) in [6.45, 7) is -0.0153. The van der Waals surface area contributed by atoms with E-state index in [1.54, 1.807) is 0 Å². The lowest BCUT2D eigenvalue weighted by atomic mass is 10.1. The predicted molar refractivity (Wildman–Crippen MR) is 85.5 cm³/mol. The lowest BCUT2D eigenvalue weighted by molar-refractivity contribution is 0.0916. The molecule has 1 amide bonds. The van der Waals surface area contributed by atoms with Crippen LogP contribution in [0.15, 0.2) is 47.8 Å². The summed E-state index contributed by atoms with van der Waals surface area (Å²) in [5, 5.41) is 15.6. The molecule has 23 heavy (non-hydrogen) atoms. The van der Waals surface area contributed by atoms with Crippen LogP contribution in [-0.2, 0) is 0 Å². The predicted octanol–water partition coefficient (Wildman–Crippen LogP) is 3.64. The molecule has 0 bridgehead atoms. The van der Waals surface area contributed by atoms with Crippen LogP contribution in [0.25, 0.3) is 10.1 Å². The molecule has 0 saturated carbocycles. The molecule has 1 atom stereocenters. The molecule has 0 aliphatic carbocycles. The molecule has 0 aliphatic rings. The Labute approximate surface area is 135 Å². The van der Waals surface area contributed by atoms with Crippen LogP contribution in [0.1, 0.15) is 22.0 Å². The summed E-state index contributed by atoms with van der Waals surface area (Å²) in [5.74, 6) is -2.66. The number of fused-ring (bicyclic) bond motifs is 1. The summed E-state index contributed by atoms with van der Waals surface area (Å²) in [4.78, 5) is 11.9. The number of nitrogens with one attached hydrogen (secondary N) is 1. The Balaban J connectivity index is 1.70. The van der Waals surface area contributed by atoms with Gasteiger partial charge in [-0.3, -0.25) is 4.79 Å². The Morgan fingerprint density at radius 1 is 1.17 bits per heavy atom. The monoisotopic (exact) mass is 333 g/mol. The largest absolute Gasteiger partial charge is 0.387 e. The van der Waals surface area contributed by atoms with Crippen LogP contribution in [0.5, 0.6) is 0 Å². The van der Waals surface area contributed by atoms with E-state index >= 15 is 0 Å². The van der Waals surface area contributed by atoms with E-state index in [0.29, 0.717) is 0 Å². The van der Waals surface area contributed by atoms with Crippen LogP contribution >= 0.6 is 11.3 Å². The van der Waals surface area contributed by atoms with Crippen molar-refractivity contribution < 1.29 is 18.7 Å². The zero-order valence-electron chi connectivity index (χ0n) is 11.9. The highest BCUT2D eigenvalue weighted by molar-refractivity contribution is 7.17. The van der Waals surface area contributed by atoms with Gasteiger partial charge in [0.15, 0.2) is 11.6 Å². The van der Waals surface area contributed by atoms with Crippen LogP contribution in [0.4, 0.5) is 8.78 Å². The second-order valence-electron chi connectivity index (χ2n) is 5.04. The van der Waals surface area contributed by atoms with Crippen LogP contribution in [0.2, 0.25) is 0 Å². The molecular weight excluding hydrogens is 320 g/mol. The first-order valence-electron chi connectivity index (χ1n) is 6.93. The highest BCUT2D eigenvalue weighted by Crippen LogP contribution is 2.29. The van der Waals surface area contributed by atoms with Crippen molar-refractivity contribution in [2.45, 2.75) is 6.10 Å². The summed E-state index contributed by atoms with van der Waals surface area (Å²) in [7, 11) is 0. The van der Waals surface area contributed by atoms with Gasteiger partial charge in [0.2, 0.25) is 0 Å². The van der Waals surface area contributed by atoms with Gasteiger partial charge in [0, 0.05) is 22.4 Å². The maximum atomic E-state index is 13.1. The zero-order chi connectivity index (χ0) is 16.4. The number of carbonyl (C=O) groups is 1. The second kappa shape index (κ2) is 6.44. The van der Waals surface area contributed by atoms with Crippen molar-refractivity contribution in [3.05, 3.63) is 70.6 Å². The molecule has 2 N–H and O–H groups in total. The number of amides is 1. The van der Waals surface area contributed by atoms with Crippen molar-refractivity contribution in [1.29, 1.82) is 0 Å². The average molecular weight is 333 g/mol. The lowest BCUT2D eigenvalue weighted by Crippen LogP contribution is -2.28. The second-order valence-corrected chi connectivity index (χ2v) is 5.95. The van der Waals surface area contributed by atoms with Crippen molar-refractivity contribution in [2.24, 2.45) is 0 Å². The van der Waals surface area contributed by atoms with Crippen molar-refractivity contribution in [3.63, 3.8) is 0 Å². The van der Waals surface area contributed by atoms with Crippen molar-refractivity contribution in [3.8, 4) is 0 Å². The van der Waals surface area contributed by atoms with Crippen LogP contribution in [0.3, 0.4) is 0 Å². The molecule has 0 aliphatic heterocycles. The van der Waals surface area contributed by atoms with Gasteiger partial charge in [0.25, 0.3) is 5.91 Å². The highest BCUT2D eigenvalue weighted by Gasteiger charge is 2.15. The number of rotatable bonds is 4. The van der Waals surface area contributed by atoms with E-state index in [-0.39, 0.29) is 12.1 Å². The van der Waals surface area contributed by atoms with Crippen molar-refractivity contribution in [2.75, 3.05) is 6.54 Å². The van der Waals surface area contributed by atoms with Gasteiger partial charge >= 0.3 is 0 Å². The van der Waals surface area contributed by atoms with Crippen LogP contribution in [-0.4, -0.2) is 17.6 Å². The molecule has 0 spiro atoms. The van der Waals surface area contributed by atoms with Gasteiger partial charge in [-0.15, -0.1) is 11.3 Å². The zero-order valence-corrected chi connectivity index (χ0v) is 12.7. The smallest absolute Gasteiger partial charge is 0.251 e. The molecule has 3 aromatic rings. The number of hydrogen-bond acceptors (Lipinski definition) is 3. The topological polar surface area (TPSA) is 49.3 Å². The maximum absolute atomic E-state index is 13.1. The number of carbonyl (C=O) groups excluding carboxylic acids is 1. The molecule has 0 radical (unpaired) electrons. The van der Waals surface area contributed by atoms with E-state index in [2.05, 4.69) is 5.32 Å². The van der Waals surface area contributed by atoms with E-state index in [0.717, 1.165) is 27.8 Å². The SMILES string of the molecule is O=C(NC[C@H](O)c1csc2ccccc12)c1ccc(F)c(F)c1. The number of benzene rings is 2. The Kier molecular flexibility index (Phi) is 4.36. The summed E-state index contributed by atoms with van der Waals surface area (Å²) in [6.07, 6.45) is -0.875. The molecule has 0 unspecified atom stereocenters. The van der Waals surface area contributed by atoms with E-state index in [1.807, 2.05) is 29.6 Å². The summed E-state index contributed by atoms with van der Waals surface area (Å²) in [5.41, 5.74) is 0.738. The molecule has 1 heterocycles. The number of aliphatic hydroxyl groups excluding tert-OH is 1.